The normalized spacial score (nSPS) is 23.6. The average Bonchev–Trinajstić information content (AvgIpc) is 2.68. The largest absolute Gasteiger partial charge is 0.480 e. The van der Waals surface area contributed by atoms with Crippen molar-refractivity contribution in [3.8, 4) is 0 Å². The zero-order valence-electron chi connectivity index (χ0n) is 12.2. The molecule has 0 aromatic rings. The number of carbonyl (C=O) groups excluding carboxylic acids is 1. The molecule has 0 aromatic heterocycles. The van der Waals surface area contributed by atoms with Gasteiger partial charge in [-0.15, -0.1) is 0 Å². The minimum atomic E-state index is -3.03. The molecule has 116 valence electrons. The number of aliphatic carboxylic acids is 1. The third kappa shape index (κ3) is 3.69. The maximum atomic E-state index is 12.2. The molecule has 2 N–H and O–H groups in total. The molecule has 1 heterocycles. The highest BCUT2D eigenvalue weighted by Crippen LogP contribution is 2.24. The Hall–Kier alpha value is -1.15. The van der Waals surface area contributed by atoms with E-state index in [-0.39, 0.29) is 17.5 Å². The van der Waals surface area contributed by atoms with Gasteiger partial charge in [0, 0.05) is 6.04 Å². The van der Waals surface area contributed by atoms with Gasteiger partial charge in [0.05, 0.1) is 17.0 Å². The summed E-state index contributed by atoms with van der Waals surface area (Å²) in [6.07, 6.45) is 0.490. The second kappa shape index (κ2) is 5.69. The number of nitrogens with one attached hydrogen (secondary N) is 1. The van der Waals surface area contributed by atoms with Gasteiger partial charge in [0.2, 0.25) is 5.91 Å². The van der Waals surface area contributed by atoms with Crippen LogP contribution in [0.5, 0.6) is 0 Å². The first-order valence-electron chi connectivity index (χ1n) is 6.44. The molecule has 0 spiro atoms. The second-order valence-corrected chi connectivity index (χ2v) is 7.99. The molecule has 0 aromatic carbocycles. The Morgan fingerprint density at radius 2 is 1.95 bits per heavy atom. The van der Waals surface area contributed by atoms with Crippen molar-refractivity contribution in [2.24, 2.45) is 0 Å². The Morgan fingerprint density at radius 3 is 2.35 bits per heavy atom. The highest BCUT2D eigenvalue weighted by atomic mass is 32.2. The third-order valence-corrected chi connectivity index (χ3v) is 5.66. The first-order valence-corrected chi connectivity index (χ1v) is 8.26. The van der Waals surface area contributed by atoms with Crippen molar-refractivity contribution < 1.29 is 23.1 Å². The van der Waals surface area contributed by atoms with Gasteiger partial charge >= 0.3 is 5.97 Å². The molecule has 0 aliphatic carbocycles. The van der Waals surface area contributed by atoms with E-state index in [2.05, 4.69) is 5.32 Å². The molecule has 0 bridgehead atoms. The maximum Gasteiger partial charge on any atom is 0.325 e. The van der Waals surface area contributed by atoms with Gasteiger partial charge in [-0.05, 0) is 34.2 Å². The summed E-state index contributed by atoms with van der Waals surface area (Å²) in [4.78, 5) is 24.6. The highest BCUT2D eigenvalue weighted by Gasteiger charge is 2.41. The number of carboxylic acid groups (broad SMARTS) is 1. The molecule has 1 aliphatic heterocycles. The fourth-order valence-electron chi connectivity index (χ4n) is 2.13. The number of rotatable bonds is 5. The SMILES string of the molecule is CC(NC(=O)C(C)(C)N(C)C1CCS(=O)(=O)C1)C(=O)O. The summed E-state index contributed by atoms with van der Waals surface area (Å²) in [6.45, 7) is 4.69. The van der Waals surface area contributed by atoms with Crippen LogP contribution in [-0.2, 0) is 19.4 Å². The summed E-state index contributed by atoms with van der Waals surface area (Å²) >= 11 is 0. The summed E-state index contributed by atoms with van der Waals surface area (Å²) in [5.74, 6) is -1.38. The Labute approximate surface area is 119 Å². The molecule has 1 amide bonds. The van der Waals surface area contributed by atoms with Crippen LogP contribution in [0.4, 0.5) is 0 Å². The quantitative estimate of drug-likeness (QED) is 0.708. The minimum Gasteiger partial charge on any atom is -0.480 e. The van der Waals surface area contributed by atoms with Gasteiger partial charge < -0.3 is 10.4 Å². The topological polar surface area (TPSA) is 104 Å². The van der Waals surface area contributed by atoms with E-state index in [1.807, 2.05) is 0 Å². The van der Waals surface area contributed by atoms with Crippen molar-refractivity contribution in [3.63, 3.8) is 0 Å². The van der Waals surface area contributed by atoms with Gasteiger partial charge in [0.25, 0.3) is 0 Å². The first-order chi connectivity index (χ1) is 8.97. The van der Waals surface area contributed by atoms with E-state index in [0.29, 0.717) is 6.42 Å². The molecule has 0 saturated carbocycles. The lowest BCUT2D eigenvalue weighted by Crippen LogP contribution is -2.59. The fourth-order valence-corrected chi connectivity index (χ4v) is 3.91. The Bertz CT molecular complexity index is 500. The zero-order valence-corrected chi connectivity index (χ0v) is 13.0. The van der Waals surface area contributed by atoms with Crippen LogP contribution in [0.25, 0.3) is 0 Å². The number of sulfone groups is 1. The third-order valence-electron chi connectivity index (χ3n) is 3.91. The van der Waals surface area contributed by atoms with Crippen LogP contribution < -0.4 is 5.32 Å². The van der Waals surface area contributed by atoms with Crippen LogP contribution in [0.3, 0.4) is 0 Å². The van der Waals surface area contributed by atoms with Crippen molar-refractivity contribution in [1.29, 1.82) is 0 Å². The highest BCUT2D eigenvalue weighted by molar-refractivity contribution is 7.91. The van der Waals surface area contributed by atoms with Gasteiger partial charge in [-0.2, -0.15) is 0 Å². The molecule has 2 atom stereocenters. The van der Waals surface area contributed by atoms with E-state index in [1.165, 1.54) is 6.92 Å². The minimum absolute atomic E-state index is 0.0364. The molecule has 20 heavy (non-hydrogen) atoms. The van der Waals surface area contributed by atoms with Crippen molar-refractivity contribution in [3.05, 3.63) is 0 Å². The van der Waals surface area contributed by atoms with E-state index in [9.17, 15) is 18.0 Å². The molecule has 1 saturated heterocycles. The summed E-state index contributed by atoms with van der Waals surface area (Å²) in [5, 5.41) is 11.2. The van der Waals surface area contributed by atoms with Crippen LogP contribution in [0.2, 0.25) is 0 Å². The number of amides is 1. The van der Waals surface area contributed by atoms with E-state index >= 15 is 0 Å². The Kier molecular flexibility index (Phi) is 4.81. The molecule has 1 fully saturated rings. The smallest absolute Gasteiger partial charge is 0.325 e. The summed E-state index contributed by atoms with van der Waals surface area (Å²) in [6, 6.07) is -1.21. The van der Waals surface area contributed by atoms with Crippen molar-refractivity contribution in [2.45, 2.75) is 44.8 Å². The fraction of sp³-hybridized carbons (Fsp3) is 0.833. The van der Waals surface area contributed by atoms with Gasteiger partial charge in [-0.3, -0.25) is 14.5 Å². The summed E-state index contributed by atoms with van der Waals surface area (Å²) in [5.41, 5.74) is -0.978. The number of carbonyl (C=O) groups is 2. The standard InChI is InChI=1S/C12H22N2O5S/c1-8(10(15)16)13-11(17)12(2,3)14(4)9-5-6-20(18,19)7-9/h8-9H,5-7H2,1-4H3,(H,13,17)(H,15,16). The van der Waals surface area contributed by atoms with Crippen molar-refractivity contribution in [2.75, 3.05) is 18.6 Å². The molecule has 1 aliphatic rings. The lowest BCUT2D eigenvalue weighted by Gasteiger charge is -2.38. The van der Waals surface area contributed by atoms with Crippen LogP contribution in [0.1, 0.15) is 27.2 Å². The number of nitrogens with zero attached hydrogens (tertiary/aromatic N) is 1. The van der Waals surface area contributed by atoms with Crippen LogP contribution in [-0.4, -0.2) is 66.5 Å². The average molecular weight is 306 g/mol. The van der Waals surface area contributed by atoms with Gasteiger partial charge in [-0.25, -0.2) is 8.42 Å². The van der Waals surface area contributed by atoms with Gasteiger partial charge in [0.1, 0.15) is 6.04 Å². The molecule has 0 radical (unpaired) electrons. The predicted molar refractivity (Wildman–Crippen MR) is 74.1 cm³/mol. The predicted octanol–water partition coefficient (Wildman–Crippen LogP) is -0.527. The summed E-state index contributed by atoms with van der Waals surface area (Å²) < 4.78 is 23.0. The zero-order chi connectivity index (χ0) is 15.7. The number of hydrogen-bond donors (Lipinski definition) is 2. The van der Waals surface area contributed by atoms with Crippen LogP contribution >= 0.6 is 0 Å². The lowest BCUT2D eigenvalue weighted by molar-refractivity contribution is -0.143. The lowest BCUT2D eigenvalue weighted by atomic mass is 9.99. The molecule has 7 nitrogen and oxygen atoms in total. The van der Waals surface area contributed by atoms with E-state index in [4.69, 9.17) is 5.11 Å². The van der Waals surface area contributed by atoms with Crippen molar-refractivity contribution in [1.82, 2.24) is 10.2 Å². The van der Waals surface area contributed by atoms with Crippen LogP contribution in [0.15, 0.2) is 0 Å². The van der Waals surface area contributed by atoms with Crippen molar-refractivity contribution >= 4 is 21.7 Å². The molecule has 8 heteroatoms. The first kappa shape index (κ1) is 16.9. The monoisotopic (exact) mass is 306 g/mol. The van der Waals surface area contributed by atoms with E-state index in [0.717, 1.165) is 0 Å². The number of hydrogen-bond acceptors (Lipinski definition) is 5. The second-order valence-electron chi connectivity index (χ2n) is 5.76. The Balaban J connectivity index is 2.77. The number of likely N-dealkylation sites (N-methyl/N-ethyl adjacent to an activating group) is 1. The molecule has 1 rings (SSSR count). The summed E-state index contributed by atoms with van der Waals surface area (Å²) in [7, 11) is -1.34. The molecule has 2 unspecified atom stereocenters. The van der Waals surface area contributed by atoms with Gasteiger partial charge in [-0.1, -0.05) is 0 Å². The Morgan fingerprint density at radius 1 is 1.40 bits per heavy atom. The maximum absolute atomic E-state index is 12.2. The molecular formula is C12H22N2O5S. The number of carboxylic acids is 1. The van der Waals surface area contributed by atoms with Crippen LogP contribution in [0, 0.1) is 0 Å². The van der Waals surface area contributed by atoms with E-state index in [1.54, 1.807) is 25.8 Å². The van der Waals surface area contributed by atoms with Gasteiger partial charge in [0.15, 0.2) is 9.84 Å². The molecular weight excluding hydrogens is 284 g/mol. The van der Waals surface area contributed by atoms with E-state index < -0.39 is 33.3 Å².